The van der Waals surface area contributed by atoms with Crippen molar-refractivity contribution in [3.63, 3.8) is 0 Å². The monoisotopic (exact) mass is 258 g/mol. The molecule has 0 heterocycles. The number of ether oxygens (including phenoxy) is 1. The standard InChI is InChI=1S/C14H26O4/c1-6-14(11(15)16,12(17)18-7-2)10-8-9-13(3,4)5/h6-10H2,1-5H3,(H,15,16). The van der Waals surface area contributed by atoms with Gasteiger partial charge in [-0.2, -0.15) is 0 Å². The van der Waals surface area contributed by atoms with Crippen molar-refractivity contribution in [3.05, 3.63) is 0 Å². The zero-order valence-electron chi connectivity index (χ0n) is 12.2. The number of hydrogen-bond donors (Lipinski definition) is 1. The van der Waals surface area contributed by atoms with Crippen molar-refractivity contribution >= 4 is 11.9 Å². The highest BCUT2D eigenvalue weighted by atomic mass is 16.5. The summed E-state index contributed by atoms with van der Waals surface area (Å²) in [5, 5.41) is 9.35. The van der Waals surface area contributed by atoms with E-state index >= 15 is 0 Å². The average Bonchev–Trinajstić information content (AvgIpc) is 2.22. The van der Waals surface area contributed by atoms with E-state index in [0.29, 0.717) is 12.8 Å². The average molecular weight is 258 g/mol. The van der Waals surface area contributed by atoms with Crippen LogP contribution >= 0.6 is 0 Å². The molecular weight excluding hydrogens is 232 g/mol. The summed E-state index contributed by atoms with van der Waals surface area (Å²) in [5.74, 6) is -1.67. The summed E-state index contributed by atoms with van der Waals surface area (Å²) in [6.07, 6.45) is 2.21. The highest BCUT2D eigenvalue weighted by Crippen LogP contribution is 2.33. The molecule has 0 saturated heterocycles. The van der Waals surface area contributed by atoms with Crippen molar-refractivity contribution in [1.29, 1.82) is 0 Å². The van der Waals surface area contributed by atoms with E-state index in [9.17, 15) is 14.7 Å². The molecule has 4 nitrogen and oxygen atoms in total. The molecule has 0 aliphatic heterocycles. The Hall–Kier alpha value is -1.06. The number of carboxylic acid groups (broad SMARTS) is 1. The Kier molecular flexibility index (Phi) is 6.36. The van der Waals surface area contributed by atoms with Crippen molar-refractivity contribution in [2.75, 3.05) is 6.61 Å². The molecule has 106 valence electrons. The van der Waals surface area contributed by atoms with Gasteiger partial charge in [-0.3, -0.25) is 9.59 Å². The third kappa shape index (κ3) is 4.67. The number of carboxylic acids is 1. The summed E-state index contributed by atoms with van der Waals surface area (Å²) in [4.78, 5) is 23.3. The number of hydrogen-bond acceptors (Lipinski definition) is 3. The minimum atomic E-state index is -1.37. The van der Waals surface area contributed by atoms with Gasteiger partial charge in [-0.05, 0) is 31.6 Å². The van der Waals surface area contributed by atoms with E-state index < -0.39 is 17.4 Å². The Labute approximate surface area is 110 Å². The van der Waals surface area contributed by atoms with E-state index in [2.05, 4.69) is 20.8 Å². The lowest BCUT2D eigenvalue weighted by molar-refractivity contribution is -0.169. The van der Waals surface area contributed by atoms with Crippen LogP contribution in [0.2, 0.25) is 0 Å². The quantitative estimate of drug-likeness (QED) is 0.562. The molecule has 0 aromatic heterocycles. The largest absolute Gasteiger partial charge is 0.480 e. The molecule has 0 bridgehead atoms. The molecule has 0 aliphatic rings. The fraction of sp³-hybridized carbons (Fsp3) is 0.857. The summed E-state index contributed by atoms with van der Waals surface area (Å²) in [5.41, 5.74) is -1.23. The van der Waals surface area contributed by atoms with Crippen molar-refractivity contribution in [3.8, 4) is 0 Å². The van der Waals surface area contributed by atoms with Crippen LogP contribution in [-0.4, -0.2) is 23.7 Å². The van der Waals surface area contributed by atoms with Crippen LogP contribution in [0.1, 0.15) is 60.3 Å². The van der Waals surface area contributed by atoms with Crippen LogP contribution in [0.3, 0.4) is 0 Å². The van der Waals surface area contributed by atoms with E-state index in [0.717, 1.165) is 6.42 Å². The van der Waals surface area contributed by atoms with Gasteiger partial charge in [0.15, 0.2) is 5.41 Å². The second-order valence-corrected chi connectivity index (χ2v) is 5.88. The Morgan fingerprint density at radius 3 is 2.00 bits per heavy atom. The van der Waals surface area contributed by atoms with Gasteiger partial charge in [0.05, 0.1) is 6.61 Å². The highest BCUT2D eigenvalue weighted by molar-refractivity contribution is 5.99. The Morgan fingerprint density at radius 1 is 1.11 bits per heavy atom. The molecule has 0 spiro atoms. The first-order chi connectivity index (χ1) is 8.19. The van der Waals surface area contributed by atoms with Gasteiger partial charge in [0.25, 0.3) is 0 Å². The van der Waals surface area contributed by atoms with Gasteiger partial charge in [0.2, 0.25) is 0 Å². The van der Waals surface area contributed by atoms with Gasteiger partial charge < -0.3 is 9.84 Å². The maximum absolute atomic E-state index is 11.9. The van der Waals surface area contributed by atoms with Gasteiger partial charge in [-0.1, -0.05) is 34.1 Å². The normalized spacial score (nSPS) is 14.9. The van der Waals surface area contributed by atoms with Crippen LogP contribution in [0, 0.1) is 10.8 Å². The predicted molar refractivity (Wildman–Crippen MR) is 70.3 cm³/mol. The van der Waals surface area contributed by atoms with Crippen LogP contribution in [0.25, 0.3) is 0 Å². The second kappa shape index (κ2) is 6.76. The van der Waals surface area contributed by atoms with Gasteiger partial charge in [-0.25, -0.2) is 0 Å². The molecule has 1 atom stereocenters. The van der Waals surface area contributed by atoms with Gasteiger partial charge in [0, 0.05) is 0 Å². The first-order valence-corrected chi connectivity index (χ1v) is 6.60. The molecule has 0 aliphatic carbocycles. The minimum Gasteiger partial charge on any atom is -0.480 e. The summed E-state index contributed by atoms with van der Waals surface area (Å²) in [6, 6.07) is 0. The fourth-order valence-corrected chi connectivity index (χ4v) is 1.96. The van der Waals surface area contributed by atoms with E-state index in [-0.39, 0.29) is 18.4 Å². The van der Waals surface area contributed by atoms with Gasteiger partial charge in [-0.15, -0.1) is 0 Å². The first-order valence-electron chi connectivity index (χ1n) is 6.60. The van der Waals surface area contributed by atoms with Crippen LogP contribution in [-0.2, 0) is 14.3 Å². The minimum absolute atomic E-state index is 0.145. The molecule has 1 unspecified atom stereocenters. The summed E-state index contributed by atoms with van der Waals surface area (Å²) in [6.45, 7) is 9.94. The summed E-state index contributed by atoms with van der Waals surface area (Å²) >= 11 is 0. The second-order valence-electron chi connectivity index (χ2n) is 5.88. The Balaban J connectivity index is 4.78. The summed E-state index contributed by atoms with van der Waals surface area (Å²) in [7, 11) is 0. The number of carbonyl (C=O) groups is 2. The lowest BCUT2D eigenvalue weighted by atomic mass is 9.78. The van der Waals surface area contributed by atoms with Crippen LogP contribution in [0.5, 0.6) is 0 Å². The highest BCUT2D eigenvalue weighted by Gasteiger charge is 2.45. The summed E-state index contributed by atoms with van der Waals surface area (Å²) < 4.78 is 4.92. The molecular formula is C14H26O4. The first kappa shape index (κ1) is 16.9. The van der Waals surface area contributed by atoms with E-state index in [4.69, 9.17) is 4.74 Å². The van der Waals surface area contributed by atoms with Crippen molar-refractivity contribution in [1.82, 2.24) is 0 Å². The maximum Gasteiger partial charge on any atom is 0.323 e. The lowest BCUT2D eigenvalue weighted by Crippen LogP contribution is -2.40. The zero-order valence-corrected chi connectivity index (χ0v) is 12.2. The molecule has 0 amide bonds. The van der Waals surface area contributed by atoms with E-state index in [1.54, 1.807) is 13.8 Å². The smallest absolute Gasteiger partial charge is 0.323 e. The molecule has 0 rings (SSSR count). The Bertz CT molecular complexity index is 291. The topological polar surface area (TPSA) is 63.6 Å². The SMILES string of the molecule is CCOC(=O)C(CC)(CCCC(C)(C)C)C(=O)O. The molecule has 0 saturated carbocycles. The third-order valence-corrected chi connectivity index (χ3v) is 3.21. The van der Waals surface area contributed by atoms with Crippen molar-refractivity contribution in [2.24, 2.45) is 10.8 Å². The molecule has 0 aromatic rings. The number of carbonyl (C=O) groups excluding carboxylic acids is 1. The molecule has 1 N–H and O–H groups in total. The van der Waals surface area contributed by atoms with Crippen LogP contribution in [0.15, 0.2) is 0 Å². The molecule has 0 fully saturated rings. The molecule has 18 heavy (non-hydrogen) atoms. The van der Waals surface area contributed by atoms with Crippen LogP contribution in [0.4, 0.5) is 0 Å². The number of esters is 1. The number of rotatable bonds is 7. The molecule has 0 aromatic carbocycles. The zero-order chi connectivity index (χ0) is 14.4. The maximum atomic E-state index is 11.9. The molecule has 4 heteroatoms. The fourth-order valence-electron chi connectivity index (χ4n) is 1.96. The van der Waals surface area contributed by atoms with Gasteiger partial charge in [0.1, 0.15) is 0 Å². The van der Waals surface area contributed by atoms with Gasteiger partial charge >= 0.3 is 11.9 Å². The number of aliphatic carboxylic acids is 1. The van der Waals surface area contributed by atoms with Crippen molar-refractivity contribution < 1.29 is 19.4 Å². The molecule has 0 radical (unpaired) electrons. The van der Waals surface area contributed by atoms with Crippen LogP contribution < -0.4 is 0 Å². The Morgan fingerprint density at radius 2 is 1.67 bits per heavy atom. The third-order valence-electron chi connectivity index (χ3n) is 3.21. The predicted octanol–water partition coefficient (Wildman–Crippen LogP) is 3.25. The van der Waals surface area contributed by atoms with E-state index in [1.165, 1.54) is 0 Å². The lowest BCUT2D eigenvalue weighted by Gasteiger charge is -2.27. The van der Waals surface area contributed by atoms with Crippen molar-refractivity contribution in [2.45, 2.75) is 60.3 Å². The van der Waals surface area contributed by atoms with E-state index in [1.807, 2.05) is 0 Å².